The first kappa shape index (κ1) is 35.8. The highest BCUT2D eigenvalue weighted by atomic mass is 35.5. The topological polar surface area (TPSA) is 86.8 Å². The third-order valence-corrected chi connectivity index (χ3v) is 9.65. The van der Waals surface area contributed by atoms with Gasteiger partial charge in [-0.3, -0.25) is 13.9 Å². The maximum absolute atomic E-state index is 14.4. The fourth-order valence-corrected chi connectivity index (χ4v) is 6.77. The van der Waals surface area contributed by atoms with E-state index in [2.05, 4.69) is 5.32 Å². The molecule has 7 nitrogen and oxygen atoms in total. The van der Waals surface area contributed by atoms with Gasteiger partial charge in [-0.25, -0.2) is 8.42 Å². The van der Waals surface area contributed by atoms with E-state index in [9.17, 15) is 31.2 Å². The predicted molar refractivity (Wildman–Crippen MR) is 177 cm³/mol. The Morgan fingerprint density at radius 2 is 1.53 bits per heavy atom. The molecule has 0 saturated carbocycles. The molecular weight excluding hydrogens is 674 g/mol. The predicted octanol–water partition coefficient (Wildman–Crippen LogP) is 7.29. The van der Waals surface area contributed by atoms with Gasteiger partial charge >= 0.3 is 6.18 Å². The quantitative estimate of drug-likeness (QED) is 0.168. The number of hydrogen-bond donors (Lipinski definition) is 1. The van der Waals surface area contributed by atoms with Crippen LogP contribution in [0.4, 0.5) is 18.9 Å². The molecule has 1 unspecified atom stereocenters. The highest BCUT2D eigenvalue weighted by Crippen LogP contribution is 2.38. The van der Waals surface area contributed by atoms with Crippen LogP contribution in [0.2, 0.25) is 10.0 Å². The molecular formula is C34H32Cl2F3N3O4S. The van der Waals surface area contributed by atoms with Gasteiger partial charge in [0.1, 0.15) is 12.6 Å². The zero-order chi connectivity index (χ0) is 34.4. The van der Waals surface area contributed by atoms with Crippen molar-refractivity contribution in [3.05, 3.63) is 129 Å². The molecule has 0 radical (unpaired) electrons. The third kappa shape index (κ3) is 9.06. The molecule has 0 aliphatic heterocycles. The number of anilines is 1. The maximum atomic E-state index is 14.4. The van der Waals surface area contributed by atoms with Crippen molar-refractivity contribution in [2.75, 3.05) is 17.4 Å². The number of nitrogens with one attached hydrogen (secondary N) is 1. The summed E-state index contributed by atoms with van der Waals surface area (Å²) in [5, 5.41) is 2.48. The standard InChI is InChI=1S/C34H32Cl2F3N3O4S/c1-3-40-33(44)31(19-24-8-5-4-6-9-24)41(21-25-10-7-11-26(35)18-25)32(43)22-42(47(45,46)28-15-12-23(2)13-16-28)27-14-17-30(36)29(20-27)34(37,38)39/h4-18,20,31H,3,19,21-22H2,1-2H3,(H,40,44). The van der Waals surface area contributed by atoms with Crippen molar-refractivity contribution in [2.45, 2.75) is 43.9 Å². The van der Waals surface area contributed by atoms with Crippen LogP contribution < -0.4 is 9.62 Å². The van der Waals surface area contributed by atoms with Crippen molar-refractivity contribution in [3.8, 4) is 0 Å². The van der Waals surface area contributed by atoms with Crippen LogP contribution in [-0.2, 0) is 38.8 Å². The second-order valence-corrected chi connectivity index (χ2v) is 13.4. The van der Waals surface area contributed by atoms with Crippen molar-refractivity contribution in [2.24, 2.45) is 0 Å². The van der Waals surface area contributed by atoms with E-state index in [-0.39, 0.29) is 24.4 Å². The van der Waals surface area contributed by atoms with Crippen molar-refractivity contribution < 1.29 is 31.2 Å². The van der Waals surface area contributed by atoms with E-state index in [1.807, 2.05) is 0 Å². The first-order valence-electron chi connectivity index (χ1n) is 14.5. The summed E-state index contributed by atoms with van der Waals surface area (Å²) in [6, 6.07) is 22.7. The lowest BCUT2D eigenvalue weighted by Gasteiger charge is -2.34. The van der Waals surface area contributed by atoms with Gasteiger partial charge in [0.05, 0.1) is 21.2 Å². The zero-order valence-corrected chi connectivity index (χ0v) is 27.8. The fourth-order valence-electron chi connectivity index (χ4n) is 4.93. The molecule has 0 aliphatic rings. The lowest BCUT2D eigenvalue weighted by Crippen LogP contribution is -2.53. The van der Waals surface area contributed by atoms with E-state index in [0.29, 0.717) is 21.0 Å². The summed E-state index contributed by atoms with van der Waals surface area (Å²) >= 11 is 12.1. The third-order valence-electron chi connectivity index (χ3n) is 7.30. The fraction of sp³-hybridized carbons (Fsp3) is 0.235. The van der Waals surface area contributed by atoms with Crippen molar-refractivity contribution >= 4 is 50.7 Å². The van der Waals surface area contributed by atoms with E-state index in [4.69, 9.17) is 23.2 Å². The highest BCUT2D eigenvalue weighted by Gasteiger charge is 2.37. The minimum atomic E-state index is -4.91. The molecule has 1 atom stereocenters. The van der Waals surface area contributed by atoms with E-state index in [0.717, 1.165) is 23.3 Å². The number of hydrogen-bond acceptors (Lipinski definition) is 4. The molecule has 0 spiro atoms. The summed E-state index contributed by atoms with van der Waals surface area (Å²) in [5.41, 5.74) is 0.316. The Bertz CT molecular complexity index is 1820. The smallest absolute Gasteiger partial charge is 0.355 e. The number of halogens is 5. The van der Waals surface area contributed by atoms with E-state index < -0.39 is 56.9 Å². The summed E-state index contributed by atoms with van der Waals surface area (Å²) in [7, 11) is -4.62. The summed E-state index contributed by atoms with van der Waals surface area (Å²) in [5.74, 6) is -1.33. The van der Waals surface area contributed by atoms with E-state index in [1.165, 1.54) is 29.2 Å². The summed E-state index contributed by atoms with van der Waals surface area (Å²) in [4.78, 5) is 28.9. The van der Waals surface area contributed by atoms with Crippen LogP contribution in [0, 0.1) is 6.92 Å². The first-order chi connectivity index (χ1) is 22.2. The van der Waals surface area contributed by atoms with Gasteiger partial charge in [0.25, 0.3) is 10.0 Å². The van der Waals surface area contributed by atoms with Gasteiger partial charge in [0, 0.05) is 24.5 Å². The molecule has 0 saturated heterocycles. The number of nitrogens with zero attached hydrogens (tertiary/aromatic N) is 2. The van der Waals surface area contributed by atoms with Crippen molar-refractivity contribution in [3.63, 3.8) is 0 Å². The van der Waals surface area contributed by atoms with Crippen LogP contribution in [0.3, 0.4) is 0 Å². The van der Waals surface area contributed by atoms with Crippen molar-refractivity contribution in [1.82, 2.24) is 10.2 Å². The molecule has 0 aromatic heterocycles. The zero-order valence-electron chi connectivity index (χ0n) is 25.5. The van der Waals surface area contributed by atoms with Crippen LogP contribution in [-0.4, -0.2) is 44.3 Å². The molecule has 13 heteroatoms. The Kier molecular flexibility index (Phi) is 11.6. The molecule has 4 aromatic carbocycles. The molecule has 0 aliphatic carbocycles. The van der Waals surface area contributed by atoms with Crippen LogP contribution in [0.1, 0.15) is 29.2 Å². The number of alkyl halides is 3. The number of carbonyl (C=O) groups excluding carboxylic acids is 2. The van der Waals surface area contributed by atoms with Crippen LogP contribution >= 0.6 is 23.2 Å². The number of sulfonamides is 1. The van der Waals surface area contributed by atoms with Crippen LogP contribution in [0.25, 0.3) is 0 Å². The van der Waals surface area contributed by atoms with Crippen molar-refractivity contribution in [1.29, 1.82) is 0 Å². The van der Waals surface area contributed by atoms with E-state index >= 15 is 0 Å². The van der Waals surface area contributed by atoms with Gasteiger partial charge < -0.3 is 10.2 Å². The van der Waals surface area contributed by atoms with Gasteiger partial charge in [-0.1, -0.05) is 83.4 Å². The summed E-state index contributed by atoms with van der Waals surface area (Å²) < 4.78 is 70.5. The summed E-state index contributed by atoms with van der Waals surface area (Å²) in [6.45, 7) is 2.63. The lowest BCUT2D eigenvalue weighted by atomic mass is 10.0. The maximum Gasteiger partial charge on any atom is 0.417 e. The van der Waals surface area contributed by atoms with Gasteiger partial charge in [0.2, 0.25) is 11.8 Å². The number of likely N-dealkylation sites (N-methyl/N-ethyl adjacent to an activating group) is 1. The minimum Gasteiger partial charge on any atom is -0.355 e. The molecule has 2 amide bonds. The van der Waals surface area contributed by atoms with E-state index in [1.54, 1.807) is 68.4 Å². The Morgan fingerprint density at radius 3 is 2.15 bits per heavy atom. The second kappa shape index (κ2) is 15.2. The number of rotatable bonds is 12. The number of benzene rings is 4. The number of amides is 2. The molecule has 4 rings (SSSR count). The molecule has 1 N–H and O–H groups in total. The van der Waals surface area contributed by atoms with Crippen LogP contribution in [0.5, 0.6) is 0 Å². The summed E-state index contributed by atoms with van der Waals surface area (Å²) in [6.07, 6.45) is -4.84. The monoisotopic (exact) mass is 705 g/mol. The first-order valence-corrected chi connectivity index (χ1v) is 16.7. The van der Waals surface area contributed by atoms with Gasteiger partial charge in [0.15, 0.2) is 0 Å². The number of aryl methyl sites for hydroxylation is 1. The molecule has 0 bridgehead atoms. The Balaban J connectivity index is 1.86. The molecule has 47 heavy (non-hydrogen) atoms. The van der Waals surface area contributed by atoms with Gasteiger partial charge in [-0.2, -0.15) is 13.2 Å². The number of carbonyl (C=O) groups is 2. The van der Waals surface area contributed by atoms with Gasteiger partial charge in [-0.05, 0) is 67.4 Å². The Morgan fingerprint density at radius 1 is 0.872 bits per heavy atom. The second-order valence-electron chi connectivity index (χ2n) is 10.7. The average molecular weight is 707 g/mol. The molecule has 0 fully saturated rings. The lowest BCUT2D eigenvalue weighted by molar-refractivity contribution is -0.140. The van der Waals surface area contributed by atoms with Gasteiger partial charge in [-0.15, -0.1) is 0 Å². The molecule has 4 aromatic rings. The molecule has 0 heterocycles. The molecule has 248 valence electrons. The van der Waals surface area contributed by atoms with Crippen LogP contribution in [0.15, 0.2) is 102 Å². The Hall–Kier alpha value is -4.06. The largest absolute Gasteiger partial charge is 0.417 e. The Labute approximate surface area is 282 Å². The highest BCUT2D eigenvalue weighted by molar-refractivity contribution is 7.92. The normalized spacial score (nSPS) is 12.3. The average Bonchev–Trinajstić information content (AvgIpc) is 3.02. The minimum absolute atomic E-state index is 0.0723. The SMILES string of the molecule is CCNC(=O)C(Cc1ccccc1)N(Cc1cccc(Cl)c1)C(=O)CN(c1ccc(Cl)c(C(F)(F)F)c1)S(=O)(=O)c1ccc(C)cc1.